The maximum atomic E-state index is 9.98. The summed E-state index contributed by atoms with van der Waals surface area (Å²) in [5, 5.41) is 28.8. The molecule has 0 bridgehead atoms. The van der Waals surface area contributed by atoms with Gasteiger partial charge in [0.05, 0.1) is 12.9 Å². The average molecular weight is 378 g/mol. The summed E-state index contributed by atoms with van der Waals surface area (Å²) >= 11 is 2.04. The lowest BCUT2D eigenvalue weighted by atomic mass is 10.1. The number of aromatic nitrogens is 4. The predicted octanol–water partition coefficient (Wildman–Crippen LogP) is -0.958. The van der Waals surface area contributed by atoms with Crippen molar-refractivity contribution in [1.82, 2.24) is 19.5 Å². The number of rotatable bonds is 2. The van der Waals surface area contributed by atoms with Gasteiger partial charge in [-0.25, -0.2) is 15.0 Å². The lowest BCUT2D eigenvalue weighted by molar-refractivity contribution is -0.0511. The monoisotopic (exact) mass is 378 g/mol. The number of aliphatic hydroxyl groups excluding tert-OH is 3. The SMILES string of the molecule is OC[C@H]1OC(n2cnc3c(I)ncnc32)[C@H](O)[C@@H]1O. The van der Waals surface area contributed by atoms with Gasteiger partial charge in [-0.3, -0.25) is 4.57 Å². The maximum absolute atomic E-state index is 9.98. The Bertz CT molecular complexity index is 606. The number of aliphatic hydroxyl groups is 3. The molecule has 0 aromatic carbocycles. The van der Waals surface area contributed by atoms with E-state index in [-0.39, 0.29) is 6.61 Å². The first kappa shape index (κ1) is 13.1. The number of nitrogens with zero attached hydrogens (tertiary/aromatic N) is 4. The zero-order valence-corrected chi connectivity index (χ0v) is 11.7. The minimum Gasteiger partial charge on any atom is -0.394 e. The lowest BCUT2D eigenvalue weighted by Gasteiger charge is -2.16. The van der Waals surface area contributed by atoms with Gasteiger partial charge in [0.25, 0.3) is 0 Å². The Labute approximate surface area is 121 Å². The third kappa shape index (κ3) is 2.01. The van der Waals surface area contributed by atoms with Gasteiger partial charge < -0.3 is 20.1 Å². The largest absolute Gasteiger partial charge is 0.394 e. The van der Waals surface area contributed by atoms with Gasteiger partial charge >= 0.3 is 0 Å². The van der Waals surface area contributed by atoms with E-state index in [4.69, 9.17) is 9.84 Å². The third-order valence-electron chi connectivity index (χ3n) is 3.11. The molecule has 0 radical (unpaired) electrons. The van der Waals surface area contributed by atoms with Crippen molar-refractivity contribution in [2.75, 3.05) is 6.61 Å². The minimum atomic E-state index is -1.15. The van der Waals surface area contributed by atoms with E-state index in [9.17, 15) is 10.2 Å². The summed E-state index contributed by atoms with van der Waals surface area (Å²) in [5.41, 5.74) is 1.11. The smallest absolute Gasteiger partial charge is 0.166 e. The van der Waals surface area contributed by atoms with Gasteiger partial charge in [-0.2, -0.15) is 0 Å². The van der Waals surface area contributed by atoms with Crippen LogP contribution in [0, 0.1) is 3.70 Å². The Kier molecular flexibility index (Phi) is 3.39. The molecule has 0 spiro atoms. The zero-order chi connectivity index (χ0) is 13.6. The molecular formula is C10H11IN4O4. The summed E-state index contributed by atoms with van der Waals surface area (Å²) in [7, 11) is 0. The fraction of sp³-hybridized carbons (Fsp3) is 0.500. The Hall–Kier alpha value is -0.880. The Morgan fingerprint density at radius 3 is 2.74 bits per heavy atom. The molecule has 4 atom stereocenters. The first-order chi connectivity index (χ1) is 9.13. The van der Waals surface area contributed by atoms with Gasteiger partial charge in [0.2, 0.25) is 0 Å². The highest BCUT2D eigenvalue weighted by atomic mass is 127. The predicted molar refractivity (Wildman–Crippen MR) is 71.0 cm³/mol. The van der Waals surface area contributed by atoms with Crippen molar-refractivity contribution in [3.63, 3.8) is 0 Å². The quantitative estimate of drug-likeness (QED) is 0.456. The highest BCUT2D eigenvalue weighted by Crippen LogP contribution is 2.31. The second kappa shape index (κ2) is 4.90. The fourth-order valence-corrected chi connectivity index (χ4v) is 2.62. The average Bonchev–Trinajstić information content (AvgIpc) is 2.94. The Morgan fingerprint density at radius 2 is 2.05 bits per heavy atom. The number of ether oxygens (including phenoxy) is 1. The molecule has 3 heterocycles. The van der Waals surface area contributed by atoms with Crippen LogP contribution in [0.25, 0.3) is 11.2 Å². The molecule has 2 aromatic rings. The molecule has 2 aromatic heterocycles. The van der Waals surface area contributed by atoms with Crippen LogP contribution < -0.4 is 0 Å². The zero-order valence-electron chi connectivity index (χ0n) is 9.59. The van der Waals surface area contributed by atoms with E-state index in [2.05, 4.69) is 15.0 Å². The summed E-state index contributed by atoms with van der Waals surface area (Å²) < 4.78 is 7.66. The van der Waals surface area contributed by atoms with Crippen molar-refractivity contribution in [2.45, 2.75) is 24.5 Å². The third-order valence-corrected chi connectivity index (χ3v) is 3.89. The highest BCUT2D eigenvalue weighted by molar-refractivity contribution is 14.1. The van der Waals surface area contributed by atoms with Gasteiger partial charge in [0, 0.05) is 0 Å². The van der Waals surface area contributed by atoms with Crippen LogP contribution in [0.5, 0.6) is 0 Å². The van der Waals surface area contributed by atoms with E-state index in [0.29, 0.717) is 14.9 Å². The fourth-order valence-electron chi connectivity index (χ4n) is 2.12. The maximum Gasteiger partial charge on any atom is 0.166 e. The second-order valence-corrected chi connectivity index (χ2v) is 5.24. The van der Waals surface area contributed by atoms with Gasteiger partial charge in [-0.1, -0.05) is 0 Å². The van der Waals surface area contributed by atoms with Crippen molar-refractivity contribution < 1.29 is 20.1 Å². The lowest BCUT2D eigenvalue weighted by Crippen LogP contribution is -2.33. The van der Waals surface area contributed by atoms with Crippen molar-refractivity contribution in [3.8, 4) is 0 Å². The molecule has 19 heavy (non-hydrogen) atoms. The summed E-state index contributed by atoms with van der Waals surface area (Å²) in [6.45, 7) is -0.367. The molecule has 1 saturated heterocycles. The van der Waals surface area contributed by atoms with Gasteiger partial charge in [-0.05, 0) is 22.6 Å². The number of fused-ring (bicyclic) bond motifs is 1. The van der Waals surface area contributed by atoms with Crippen LogP contribution in [-0.4, -0.2) is 59.8 Å². The molecule has 0 amide bonds. The van der Waals surface area contributed by atoms with Crippen molar-refractivity contribution in [2.24, 2.45) is 0 Å². The van der Waals surface area contributed by atoms with Crippen LogP contribution in [-0.2, 0) is 4.74 Å². The van der Waals surface area contributed by atoms with E-state index in [0.717, 1.165) is 0 Å². The highest BCUT2D eigenvalue weighted by Gasteiger charge is 2.43. The molecule has 3 N–H and O–H groups in total. The van der Waals surface area contributed by atoms with Crippen LogP contribution in [0.1, 0.15) is 6.23 Å². The number of hydrogen-bond donors (Lipinski definition) is 3. The van der Waals surface area contributed by atoms with Crippen LogP contribution in [0.4, 0.5) is 0 Å². The second-order valence-electron chi connectivity index (χ2n) is 4.22. The minimum absolute atomic E-state index is 0.367. The van der Waals surface area contributed by atoms with Crippen LogP contribution >= 0.6 is 22.6 Å². The Balaban J connectivity index is 2.04. The number of halogens is 1. The summed E-state index contributed by atoms with van der Waals surface area (Å²) in [6, 6.07) is 0. The van der Waals surface area contributed by atoms with Gasteiger partial charge in [0.1, 0.15) is 33.9 Å². The first-order valence-corrected chi connectivity index (χ1v) is 6.67. The van der Waals surface area contributed by atoms with E-state index < -0.39 is 24.5 Å². The standard InChI is InChI=1S/C10H11IN4O4/c11-8-5-9(13-2-12-8)15(3-14-5)10-7(18)6(17)4(1-16)19-10/h2-4,6-7,10,16-18H,1H2/t4-,6-,7-,10?/m1/s1. The number of hydrogen-bond acceptors (Lipinski definition) is 7. The van der Waals surface area contributed by atoms with E-state index in [1.165, 1.54) is 17.2 Å². The molecule has 9 heteroatoms. The molecule has 8 nitrogen and oxygen atoms in total. The van der Waals surface area contributed by atoms with Crippen LogP contribution in [0.3, 0.4) is 0 Å². The van der Waals surface area contributed by atoms with E-state index in [1.807, 2.05) is 22.6 Å². The van der Waals surface area contributed by atoms with E-state index in [1.54, 1.807) is 0 Å². The molecule has 0 saturated carbocycles. The van der Waals surface area contributed by atoms with Crippen molar-refractivity contribution in [3.05, 3.63) is 16.4 Å². The summed E-state index contributed by atoms with van der Waals surface area (Å²) in [5.74, 6) is 0. The van der Waals surface area contributed by atoms with E-state index >= 15 is 0 Å². The van der Waals surface area contributed by atoms with Gasteiger partial charge in [-0.15, -0.1) is 0 Å². The van der Waals surface area contributed by atoms with Crippen LogP contribution in [0.2, 0.25) is 0 Å². The molecule has 102 valence electrons. The summed E-state index contributed by atoms with van der Waals surface area (Å²) in [4.78, 5) is 12.3. The molecule has 1 fully saturated rings. The molecule has 1 unspecified atom stereocenters. The summed E-state index contributed by atoms with van der Waals surface area (Å²) in [6.07, 6.45) is -1.08. The molecule has 1 aliphatic rings. The Morgan fingerprint density at radius 1 is 1.26 bits per heavy atom. The molecular weight excluding hydrogens is 367 g/mol. The van der Waals surface area contributed by atoms with Crippen molar-refractivity contribution >= 4 is 33.8 Å². The van der Waals surface area contributed by atoms with Crippen molar-refractivity contribution in [1.29, 1.82) is 0 Å². The van der Waals surface area contributed by atoms with Crippen LogP contribution in [0.15, 0.2) is 12.7 Å². The normalized spacial score (nSPS) is 31.2. The molecule has 1 aliphatic heterocycles. The molecule has 3 rings (SSSR count). The molecule has 0 aliphatic carbocycles. The number of imidazole rings is 1. The van der Waals surface area contributed by atoms with Gasteiger partial charge in [0.15, 0.2) is 11.9 Å². The first-order valence-electron chi connectivity index (χ1n) is 5.59. The topological polar surface area (TPSA) is 114 Å².